The first-order valence-corrected chi connectivity index (χ1v) is 10.7. The predicted molar refractivity (Wildman–Crippen MR) is 107 cm³/mol. The minimum absolute atomic E-state index is 0.325. The lowest BCUT2D eigenvalue weighted by atomic mass is 10.0. The number of carbonyl (C=O) groups is 1. The molecule has 1 unspecified atom stereocenters. The summed E-state index contributed by atoms with van der Waals surface area (Å²) in [5.74, 6) is 1.43. The van der Waals surface area contributed by atoms with Crippen molar-refractivity contribution in [3.8, 4) is 0 Å². The fourth-order valence-electron chi connectivity index (χ4n) is 4.73. The van der Waals surface area contributed by atoms with E-state index in [9.17, 15) is 4.79 Å². The summed E-state index contributed by atoms with van der Waals surface area (Å²) in [5, 5.41) is 0. The normalized spacial score (nSPS) is 25.5. The second kappa shape index (κ2) is 8.13. The minimum atomic E-state index is 0.325. The molecule has 1 saturated carbocycles. The molecule has 2 saturated heterocycles. The number of aryl methyl sites for hydroxylation is 1. The van der Waals surface area contributed by atoms with Crippen LogP contribution in [0, 0.1) is 6.92 Å². The third-order valence-electron chi connectivity index (χ3n) is 6.53. The van der Waals surface area contributed by atoms with Gasteiger partial charge in [-0.1, -0.05) is 6.42 Å². The van der Waals surface area contributed by atoms with E-state index in [1.165, 1.54) is 32.1 Å². The highest BCUT2D eigenvalue weighted by Gasteiger charge is 2.37. The topological polar surface area (TPSA) is 52.6 Å². The van der Waals surface area contributed by atoms with Gasteiger partial charge in [0.1, 0.15) is 12.1 Å². The Kier molecular flexibility index (Phi) is 5.62. The van der Waals surface area contributed by atoms with Crippen LogP contribution in [0.3, 0.4) is 0 Å². The lowest BCUT2D eigenvalue weighted by molar-refractivity contribution is -0.131. The quantitative estimate of drug-likeness (QED) is 0.796. The summed E-state index contributed by atoms with van der Waals surface area (Å²) in [6.07, 6.45) is 10.8. The molecule has 1 aromatic rings. The third kappa shape index (κ3) is 4.42. The van der Waals surface area contributed by atoms with Gasteiger partial charge in [0.25, 0.3) is 0 Å². The van der Waals surface area contributed by atoms with Crippen molar-refractivity contribution in [2.45, 2.75) is 76.4 Å². The standard InChI is InChI=1S/C21H33N5O/c1-16-13-20(23-15-22-16)26(17-7-8-17)18-9-11-25(12-10-18)14-19-5-3-4-6-21(27)24(19)2/h13,15,17-19H,3-12,14H2,1-2H3. The SMILES string of the molecule is Cc1cc(N(C2CC2)C2CCN(CC3CCCCC(=O)N3C)CC2)ncn1. The van der Waals surface area contributed by atoms with Gasteiger partial charge in [-0.2, -0.15) is 0 Å². The van der Waals surface area contributed by atoms with Crippen molar-refractivity contribution in [2.24, 2.45) is 0 Å². The second-order valence-electron chi connectivity index (χ2n) is 8.59. The molecule has 1 amide bonds. The zero-order valence-electron chi connectivity index (χ0n) is 16.8. The average molecular weight is 372 g/mol. The molecule has 148 valence electrons. The Morgan fingerprint density at radius 2 is 1.81 bits per heavy atom. The van der Waals surface area contributed by atoms with Crippen LogP contribution in [0.5, 0.6) is 0 Å². The predicted octanol–water partition coefficient (Wildman–Crippen LogP) is 2.62. The van der Waals surface area contributed by atoms with Gasteiger partial charge < -0.3 is 14.7 Å². The molecule has 3 aliphatic rings. The lowest BCUT2D eigenvalue weighted by Crippen LogP contribution is -2.50. The maximum Gasteiger partial charge on any atom is 0.222 e. The number of rotatable bonds is 5. The molecule has 0 N–H and O–H groups in total. The van der Waals surface area contributed by atoms with E-state index in [4.69, 9.17) is 0 Å². The highest BCUT2D eigenvalue weighted by Crippen LogP contribution is 2.35. The van der Waals surface area contributed by atoms with Gasteiger partial charge in [-0.05, 0) is 45.4 Å². The summed E-state index contributed by atoms with van der Waals surface area (Å²) in [4.78, 5) is 28.2. The fraction of sp³-hybridized carbons (Fsp3) is 0.762. The van der Waals surface area contributed by atoms with Crippen LogP contribution in [-0.4, -0.2) is 70.5 Å². The van der Waals surface area contributed by atoms with Gasteiger partial charge in [-0.15, -0.1) is 0 Å². The van der Waals surface area contributed by atoms with Crippen molar-refractivity contribution >= 4 is 11.7 Å². The maximum absolute atomic E-state index is 12.2. The van der Waals surface area contributed by atoms with Crippen molar-refractivity contribution in [3.05, 3.63) is 18.1 Å². The largest absolute Gasteiger partial charge is 0.350 e. The van der Waals surface area contributed by atoms with E-state index in [0.29, 0.717) is 24.0 Å². The Morgan fingerprint density at radius 1 is 1.07 bits per heavy atom. The van der Waals surface area contributed by atoms with Crippen molar-refractivity contribution in [2.75, 3.05) is 31.6 Å². The smallest absolute Gasteiger partial charge is 0.222 e. The Labute approximate surface area is 162 Å². The first-order chi connectivity index (χ1) is 13.1. The lowest BCUT2D eigenvalue weighted by Gasteiger charge is -2.41. The van der Waals surface area contributed by atoms with E-state index >= 15 is 0 Å². The number of aromatic nitrogens is 2. The molecule has 3 fully saturated rings. The Hall–Kier alpha value is -1.69. The summed E-state index contributed by atoms with van der Waals surface area (Å²) in [7, 11) is 2.00. The van der Waals surface area contributed by atoms with Gasteiger partial charge in [-0.25, -0.2) is 9.97 Å². The van der Waals surface area contributed by atoms with Gasteiger partial charge in [-0.3, -0.25) is 4.79 Å². The number of piperidine rings is 1. The second-order valence-corrected chi connectivity index (χ2v) is 8.59. The van der Waals surface area contributed by atoms with Crippen molar-refractivity contribution in [1.29, 1.82) is 0 Å². The van der Waals surface area contributed by atoms with Crippen LogP contribution in [-0.2, 0) is 4.79 Å². The molecule has 4 rings (SSSR count). The monoisotopic (exact) mass is 371 g/mol. The van der Waals surface area contributed by atoms with E-state index in [0.717, 1.165) is 50.4 Å². The summed E-state index contributed by atoms with van der Waals surface area (Å²) >= 11 is 0. The molecule has 27 heavy (non-hydrogen) atoms. The van der Waals surface area contributed by atoms with Crippen LogP contribution in [0.1, 0.15) is 57.1 Å². The van der Waals surface area contributed by atoms with E-state index in [1.54, 1.807) is 6.33 Å². The van der Waals surface area contributed by atoms with Gasteiger partial charge in [0.05, 0.1) is 0 Å². The number of hydrogen-bond donors (Lipinski definition) is 0. The van der Waals surface area contributed by atoms with E-state index in [2.05, 4.69) is 25.8 Å². The summed E-state index contributed by atoms with van der Waals surface area (Å²) in [5.41, 5.74) is 1.05. The first kappa shape index (κ1) is 18.7. The molecule has 2 aliphatic heterocycles. The molecule has 6 nitrogen and oxygen atoms in total. The summed E-state index contributed by atoms with van der Waals surface area (Å²) in [6.45, 7) is 5.32. The summed E-state index contributed by atoms with van der Waals surface area (Å²) in [6, 6.07) is 3.77. The molecule has 6 heteroatoms. The summed E-state index contributed by atoms with van der Waals surface area (Å²) < 4.78 is 0. The van der Waals surface area contributed by atoms with Crippen molar-refractivity contribution in [1.82, 2.24) is 19.8 Å². The number of nitrogens with zero attached hydrogens (tertiary/aromatic N) is 5. The van der Waals surface area contributed by atoms with E-state index in [1.807, 2.05) is 18.9 Å². The average Bonchev–Trinajstić information content (AvgIpc) is 3.50. The molecule has 1 aliphatic carbocycles. The first-order valence-electron chi connectivity index (χ1n) is 10.7. The van der Waals surface area contributed by atoms with E-state index in [-0.39, 0.29) is 0 Å². The molecule has 1 atom stereocenters. The zero-order chi connectivity index (χ0) is 18.8. The van der Waals surface area contributed by atoms with Crippen LogP contribution >= 0.6 is 0 Å². The van der Waals surface area contributed by atoms with Crippen LogP contribution in [0.2, 0.25) is 0 Å². The molecule has 1 aromatic heterocycles. The third-order valence-corrected chi connectivity index (χ3v) is 6.53. The number of amides is 1. The zero-order valence-corrected chi connectivity index (χ0v) is 16.8. The number of hydrogen-bond acceptors (Lipinski definition) is 5. The molecule has 0 radical (unpaired) electrons. The Morgan fingerprint density at radius 3 is 2.52 bits per heavy atom. The highest BCUT2D eigenvalue weighted by atomic mass is 16.2. The van der Waals surface area contributed by atoms with E-state index < -0.39 is 0 Å². The van der Waals surface area contributed by atoms with Crippen LogP contribution in [0.25, 0.3) is 0 Å². The number of likely N-dealkylation sites (tertiary alicyclic amines) is 2. The molecule has 3 heterocycles. The molecular weight excluding hydrogens is 338 g/mol. The fourth-order valence-corrected chi connectivity index (χ4v) is 4.73. The van der Waals surface area contributed by atoms with Crippen molar-refractivity contribution in [3.63, 3.8) is 0 Å². The van der Waals surface area contributed by atoms with Crippen LogP contribution in [0.15, 0.2) is 12.4 Å². The number of likely N-dealkylation sites (N-methyl/N-ethyl adjacent to an activating group) is 1. The van der Waals surface area contributed by atoms with Gasteiger partial charge >= 0.3 is 0 Å². The molecule has 0 aromatic carbocycles. The van der Waals surface area contributed by atoms with Crippen LogP contribution < -0.4 is 4.90 Å². The van der Waals surface area contributed by atoms with Crippen LogP contribution in [0.4, 0.5) is 5.82 Å². The number of carbonyl (C=O) groups excluding carboxylic acids is 1. The molecular formula is C21H33N5O. The molecule has 0 spiro atoms. The Bertz CT molecular complexity index is 654. The highest BCUT2D eigenvalue weighted by molar-refractivity contribution is 5.76. The number of anilines is 1. The Balaban J connectivity index is 1.36. The van der Waals surface area contributed by atoms with Gasteiger partial charge in [0.2, 0.25) is 5.91 Å². The van der Waals surface area contributed by atoms with Gasteiger partial charge in [0.15, 0.2) is 0 Å². The van der Waals surface area contributed by atoms with Crippen molar-refractivity contribution < 1.29 is 4.79 Å². The van der Waals surface area contributed by atoms with Gasteiger partial charge in [0, 0.05) is 63.0 Å². The minimum Gasteiger partial charge on any atom is -0.350 e. The maximum atomic E-state index is 12.2. The molecule has 0 bridgehead atoms.